The van der Waals surface area contributed by atoms with E-state index in [0.29, 0.717) is 5.92 Å². The Kier molecular flexibility index (Phi) is 2.75. The summed E-state index contributed by atoms with van der Waals surface area (Å²) in [5, 5.41) is 0. The van der Waals surface area contributed by atoms with E-state index in [1.165, 1.54) is 0 Å². The highest BCUT2D eigenvalue weighted by Crippen LogP contribution is 2.01. The Morgan fingerprint density at radius 3 is 1.60 bits per heavy atom. The molecular weight excluding hydrogens is 120 g/mol. The zero-order valence-corrected chi connectivity index (χ0v) is 6.20. The fourth-order valence-corrected chi connectivity index (χ4v) is 0.800. The molecular formula is C10H12. The molecule has 0 heteroatoms. The summed E-state index contributed by atoms with van der Waals surface area (Å²) in [5.74, 6) is 0.549. The van der Waals surface area contributed by atoms with Gasteiger partial charge in [0.05, 0.1) is 0 Å². The maximum absolute atomic E-state index is 2.17. The van der Waals surface area contributed by atoms with Gasteiger partial charge in [0.15, 0.2) is 0 Å². The summed E-state index contributed by atoms with van der Waals surface area (Å²) in [6.07, 6.45) is 16.6. The fraction of sp³-hybridized carbons (Fsp3) is 0.200. The van der Waals surface area contributed by atoms with Crippen LogP contribution in [-0.4, -0.2) is 0 Å². The van der Waals surface area contributed by atoms with Crippen LogP contribution in [0.1, 0.15) is 6.92 Å². The van der Waals surface area contributed by atoms with Crippen molar-refractivity contribution >= 4 is 0 Å². The van der Waals surface area contributed by atoms with Gasteiger partial charge in [-0.2, -0.15) is 0 Å². The van der Waals surface area contributed by atoms with Crippen molar-refractivity contribution in [1.29, 1.82) is 0 Å². The van der Waals surface area contributed by atoms with Gasteiger partial charge in [-0.3, -0.25) is 0 Å². The van der Waals surface area contributed by atoms with Gasteiger partial charge in [-0.1, -0.05) is 55.5 Å². The highest BCUT2D eigenvalue weighted by atomic mass is 13.9. The van der Waals surface area contributed by atoms with Crippen molar-refractivity contribution in [2.24, 2.45) is 5.92 Å². The molecule has 0 nitrogen and oxygen atoms in total. The molecule has 0 unspecified atom stereocenters. The summed E-state index contributed by atoms with van der Waals surface area (Å²) >= 11 is 0. The first-order valence-corrected chi connectivity index (χ1v) is 3.58. The summed E-state index contributed by atoms with van der Waals surface area (Å²) < 4.78 is 0. The van der Waals surface area contributed by atoms with Crippen molar-refractivity contribution in [3.8, 4) is 0 Å². The summed E-state index contributed by atoms with van der Waals surface area (Å²) in [5.41, 5.74) is 0. The van der Waals surface area contributed by atoms with E-state index >= 15 is 0 Å². The van der Waals surface area contributed by atoms with Gasteiger partial charge < -0.3 is 0 Å². The third-order valence-electron chi connectivity index (χ3n) is 1.38. The maximum atomic E-state index is 2.17. The molecule has 52 valence electrons. The molecule has 0 aliphatic heterocycles. The molecule has 0 bridgehead atoms. The highest BCUT2D eigenvalue weighted by Gasteiger charge is 1.85. The quantitative estimate of drug-likeness (QED) is 0.475. The van der Waals surface area contributed by atoms with Crippen LogP contribution in [0.5, 0.6) is 0 Å². The lowest BCUT2D eigenvalue weighted by molar-refractivity contribution is 0.940. The minimum Gasteiger partial charge on any atom is -0.0779 e. The van der Waals surface area contributed by atoms with E-state index in [1.807, 2.05) is 24.3 Å². The van der Waals surface area contributed by atoms with Crippen LogP contribution >= 0.6 is 0 Å². The number of hydrogen-bond donors (Lipinski definition) is 0. The van der Waals surface area contributed by atoms with E-state index in [-0.39, 0.29) is 0 Å². The molecule has 0 heterocycles. The third-order valence-corrected chi connectivity index (χ3v) is 1.38. The molecule has 1 aliphatic rings. The fourth-order valence-electron chi connectivity index (χ4n) is 0.800. The second-order valence-corrected chi connectivity index (χ2v) is 2.40. The van der Waals surface area contributed by atoms with Crippen LogP contribution in [-0.2, 0) is 0 Å². The minimum absolute atomic E-state index is 0.549. The minimum atomic E-state index is 0.549. The first kappa shape index (κ1) is 7.07. The molecule has 0 aromatic rings. The molecule has 0 saturated heterocycles. The van der Waals surface area contributed by atoms with Crippen molar-refractivity contribution in [3.63, 3.8) is 0 Å². The first-order chi connectivity index (χ1) is 4.89. The van der Waals surface area contributed by atoms with Crippen LogP contribution in [0.2, 0.25) is 0 Å². The monoisotopic (exact) mass is 132 g/mol. The third kappa shape index (κ3) is 2.49. The van der Waals surface area contributed by atoms with Crippen LogP contribution in [0.15, 0.2) is 48.6 Å². The first-order valence-electron chi connectivity index (χ1n) is 3.58. The molecule has 0 N–H and O–H groups in total. The van der Waals surface area contributed by atoms with E-state index in [0.717, 1.165) is 0 Å². The Bertz CT molecular complexity index is 170. The van der Waals surface area contributed by atoms with Crippen molar-refractivity contribution in [2.45, 2.75) is 6.92 Å². The highest BCUT2D eigenvalue weighted by molar-refractivity contribution is 5.19. The topological polar surface area (TPSA) is 0 Å². The van der Waals surface area contributed by atoms with E-state index in [4.69, 9.17) is 0 Å². The lowest BCUT2D eigenvalue weighted by Crippen LogP contribution is -1.78. The Hall–Kier alpha value is -1.04. The van der Waals surface area contributed by atoms with Crippen molar-refractivity contribution < 1.29 is 0 Å². The summed E-state index contributed by atoms with van der Waals surface area (Å²) in [6, 6.07) is 0. The van der Waals surface area contributed by atoms with Gasteiger partial charge in [0.25, 0.3) is 0 Å². The molecule has 0 amide bonds. The summed E-state index contributed by atoms with van der Waals surface area (Å²) in [4.78, 5) is 0. The van der Waals surface area contributed by atoms with Gasteiger partial charge in [-0.15, -0.1) is 0 Å². The molecule has 1 aliphatic carbocycles. The van der Waals surface area contributed by atoms with Crippen LogP contribution in [0.3, 0.4) is 0 Å². The molecule has 0 fully saturated rings. The summed E-state index contributed by atoms with van der Waals surface area (Å²) in [7, 11) is 0. The van der Waals surface area contributed by atoms with Gasteiger partial charge in [0.1, 0.15) is 0 Å². The van der Waals surface area contributed by atoms with E-state index in [1.54, 1.807) is 0 Å². The molecule has 0 spiro atoms. The number of allylic oxidation sites excluding steroid dienone is 8. The molecule has 0 saturated carbocycles. The predicted octanol–water partition coefficient (Wildman–Crippen LogP) is 2.86. The average molecular weight is 132 g/mol. The summed E-state index contributed by atoms with van der Waals surface area (Å²) in [6.45, 7) is 2.17. The number of rotatable bonds is 0. The maximum Gasteiger partial charge on any atom is -0.00756 e. The molecule has 10 heavy (non-hydrogen) atoms. The zero-order valence-electron chi connectivity index (χ0n) is 6.20. The number of hydrogen-bond acceptors (Lipinski definition) is 0. The van der Waals surface area contributed by atoms with Gasteiger partial charge in [0.2, 0.25) is 0 Å². The second-order valence-electron chi connectivity index (χ2n) is 2.40. The molecule has 0 aromatic carbocycles. The van der Waals surface area contributed by atoms with Crippen LogP contribution in [0.25, 0.3) is 0 Å². The van der Waals surface area contributed by atoms with Gasteiger partial charge in [-0.25, -0.2) is 0 Å². The standard InChI is InChI=1S/C10H12/c1-10-8-6-4-2-3-5-7-9-10/h2-10H,1H3/b4-2-,5-3-,8-6-,9-7-. The Morgan fingerprint density at radius 2 is 1.10 bits per heavy atom. The molecule has 0 atom stereocenters. The molecule has 0 aromatic heterocycles. The lowest BCUT2D eigenvalue weighted by atomic mass is 10.1. The van der Waals surface area contributed by atoms with Gasteiger partial charge in [0, 0.05) is 0 Å². The Morgan fingerprint density at radius 1 is 0.700 bits per heavy atom. The predicted molar refractivity (Wildman–Crippen MR) is 45.7 cm³/mol. The van der Waals surface area contributed by atoms with E-state index in [9.17, 15) is 0 Å². The average Bonchev–Trinajstić information content (AvgIpc) is 2.02. The van der Waals surface area contributed by atoms with Gasteiger partial charge in [-0.05, 0) is 5.92 Å². The Balaban J connectivity index is 2.70. The zero-order chi connectivity index (χ0) is 7.23. The van der Waals surface area contributed by atoms with Crippen LogP contribution < -0.4 is 0 Å². The lowest BCUT2D eigenvalue weighted by Gasteiger charge is -1.92. The Labute approximate surface area is 62.3 Å². The SMILES string of the molecule is CC1\C=C/C=C\C=C/C=C\1. The smallest absolute Gasteiger partial charge is 0.00756 e. The largest absolute Gasteiger partial charge is 0.0779 e. The van der Waals surface area contributed by atoms with Crippen LogP contribution in [0.4, 0.5) is 0 Å². The second kappa shape index (κ2) is 3.89. The molecule has 1 rings (SSSR count). The van der Waals surface area contributed by atoms with Crippen molar-refractivity contribution in [3.05, 3.63) is 48.6 Å². The van der Waals surface area contributed by atoms with Crippen molar-refractivity contribution in [2.75, 3.05) is 0 Å². The molecule has 0 radical (unpaired) electrons. The van der Waals surface area contributed by atoms with Crippen molar-refractivity contribution in [1.82, 2.24) is 0 Å². The van der Waals surface area contributed by atoms with Gasteiger partial charge >= 0.3 is 0 Å². The van der Waals surface area contributed by atoms with E-state index in [2.05, 4.69) is 31.2 Å². The normalized spacial score (nSPS) is 31.3. The van der Waals surface area contributed by atoms with Crippen LogP contribution in [0, 0.1) is 5.92 Å². The van der Waals surface area contributed by atoms with E-state index < -0.39 is 0 Å².